The predicted octanol–water partition coefficient (Wildman–Crippen LogP) is 7.53. The molecule has 4 aliphatic carbocycles. The van der Waals surface area contributed by atoms with Crippen LogP contribution in [-0.4, -0.2) is 54.9 Å². The zero-order chi connectivity index (χ0) is 36.9. The second kappa shape index (κ2) is 19.1. The number of methoxy groups -OCH3 is 2. The van der Waals surface area contributed by atoms with Gasteiger partial charge in [-0.25, -0.2) is 4.79 Å². The molecule has 0 aromatic heterocycles. The topological polar surface area (TPSA) is 169 Å². The Kier molecular flexibility index (Phi) is 14.7. The van der Waals surface area contributed by atoms with E-state index in [0.717, 1.165) is 47.5 Å². The van der Waals surface area contributed by atoms with Gasteiger partial charge in [0.1, 0.15) is 17.1 Å². The number of Topliss-reactive ketones (excluding diaryl/α,β-unsaturated/α-hetero) is 2. The summed E-state index contributed by atoms with van der Waals surface area (Å²) < 4.78 is 10.5. The Morgan fingerprint density at radius 2 is 1.14 bits per heavy atom. The first-order valence-corrected chi connectivity index (χ1v) is 18.2. The number of benzene rings is 2. The van der Waals surface area contributed by atoms with Gasteiger partial charge in [0.25, 0.3) is 5.91 Å². The number of carboxylic acid groups (broad SMARTS) is 1. The van der Waals surface area contributed by atoms with Crippen molar-refractivity contribution in [3.8, 4) is 11.5 Å². The first-order valence-electron chi connectivity index (χ1n) is 18.2. The number of anilines is 2. The van der Waals surface area contributed by atoms with E-state index in [2.05, 4.69) is 16.0 Å². The largest absolute Gasteiger partial charge is 0.496 e. The number of hydrogen-bond donors (Lipinski definition) is 5. The fraction of sp³-hybridized carbons (Fsp3) is 0.500. The van der Waals surface area contributed by atoms with Crippen LogP contribution in [0.2, 0.25) is 0 Å². The molecular formula is C40H54N4O7. The van der Waals surface area contributed by atoms with Crippen molar-refractivity contribution in [2.24, 2.45) is 5.73 Å². The number of rotatable bonds is 9. The van der Waals surface area contributed by atoms with Crippen LogP contribution in [0.3, 0.4) is 0 Å². The number of carbonyl (C=O) groups is 4. The molecule has 11 nitrogen and oxygen atoms in total. The first kappa shape index (κ1) is 39.2. The third-order valence-electron chi connectivity index (χ3n) is 10.0. The molecule has 2 fully saturated rings. The first-order chi connectivity index (χ1) is 24.5. The summed E-state index contributed by atoms with van der Waals surface area (Å²) in [6, 6.07) is 11.0. The molecule has 0 spiro atoms. The molecule has 0 unspecified atom stereocenters. The summed E-state index contributed by atoms with van der Waals surface area (Å²) >= 11 is 0. The Labute approximate surface area is 301 Å². The molecule has 6 rings (SSSR count). The standard InChI is InChI=1S/C20H26N2O3.C14H15NO4.C6H13N/c1-13-17(10-11-18(13)23)21-15-8-9-16(19(12-15)25-2)20(24)22-14-6-4-3-5-7-14;1-8-11(5-6-12(8)16)15-9-3-4-10(14(17)18)13(7-9)19-2;7-6-4-2-1-3-5-6/h8-9,12,14,21H,3-7,10-11H2,1-2H3,(H,22,24);3-4,7,15H,5-6H2,1-2H3,(H,17,18);6H,1-5,7H2. The Morgan fingerprint density at radius 1 is 0.686 bits per heavy atom. The molecule has 6 N–H and O–H groups in total. The van der Waals surface area contributed by atoms with Crippen molar-refractivity contribution in [2.75, 3.05) is 24.9 Å². The zero-order valence-corrected chi connectivity index (χ0v) is 30.5. The Bertz CT molecular complexity index is 1640. The SMILES string of the molecule is COc1cc(NC2=C(C)C(=O)CC2)ccc1C(=O)NC1CCCCC1.COc1cc(NC2=C(C)C(=O)CC2)ccc1C(=O)O.NC1CCCCC1. The predicted molar refractivity (Wildman–Crippen MR) is 199 cm³/mol. The van der Waals surface area contributed by atoms with Crippen molar-refractivity contribution in [3.63, 3.8) is 0 Å². The van der Waals surface area contributed by atoms with Gasteiger partial charge in [0.15, 0.2) is 11.6 Å². The monoisotopic (exact) mass is 702 g/mol. The van der Waals surface area contributed by atoms with E-state index in [1.165, 1.54) is 64.5 Å². The van der Waals surface area contributed by atoms with E-state index in [9.17, 15) is 19.2 Å². The van der Waals surface area contributed by atoms with E-state index in [0.29, 0.717) is 48.1 Å². The fourth-order valence-electron chi connectivity index (χ4n) is 6.77. The highest BCUT2D eigenvalue weighted by Crippen LogP contribution is 2.30. The van der Waals surface area contributed by atoms with Crippen LogP contribution in [0.1, 0.15) is 124 Å². The van der Waals surface area contributed by atoms with Gasteiger partial charge in [-0.1, -0.05) is 38.5 Å². The van der Waals surface area contributed by atoms with Crippen LogP contribution in [0.15, 0.2) is 58.9 Å². The number of nitrogens with two attached hydrogens (primary N) is 1. The molecule has 276 valence electrons. The molecule has 0 aliphatic heterocycles. The van der Waals surface area contributed by atoms with Crippen molar-refractivity contribution in [3.05, 3.63) is 70.1 Å². The van der Waals surface area contributed by atoms with E-state index in [4.69, 9.17) is 20.3 Å². The summed E-state index contributed by atoms with van der Waals surface area (Å²) in [5, 5.41) is 18.6. The summed E-state index contributed by atoms with van der Waals surface area (Å²) in [7, 11) is 3.00. The van der Waals surface area contributed by atoms with Gasteiger partial charge in [-0.15, -0.1) is 0 Å². The number of nitrogens with one attached hydrogen (secondary N) is 3. The smallest absolute Gasteiger partial charge is 0.339 e. The minimum atomic E-state index is -1.03. The number of allylic oxidation sites excluding steroid dienone is 4. The maximum Gasteiger partial charge on any atom is 0.339 e. The van der Waals surface area contributed by atoms with Gasteiger partial charge in [-0.05, 0) is 76.6 Å². The van der Waals surface area contributed by atoms with Crippen molar-refractivity contribution in [1.82, 2.24) is 5.32 Å². The van der Waals surface area contributed by atoms with Crippen LogP contribution in [-0.2, 0) is 9.59 Å². The number of hydrogen-bond acceptors (Lipinski definition) is 9. The highest BCUT2D eigenvalue weighted by molar-refractivity contribution is 6.00. The molecule has 2 saturated carbocycles. The van der Waals surface area contributed by atoms with Crippen molar-refractivity contribution >= 4 is 34.8 Å². The second-order valence-electron chi connectivity index (χ2n) is 13.6. The molecular weight excluding hydrogens is 648 g/mol. The van der Waals surface area contributed by atoms with Crippen LogP contribution >= 0.6 is 0 Å². The summed E-state index contributed by atoms with van der Waals surface area (Å²) in [5.41, 5.74) is 11.2. The normalized spacial score (nSPS) is 18.0. The van der Waals surface area contributed by atoms with E-state index in [1.807, 2.05) is 19.1 Å². The number of carboxylic acids is 1. The van der Waals surface area contributed by atoms with Gasteiger partial charge in [-0.2, -0.15) is 0 Å². The maximum absolute atomic E-state index is 12.6. The lowest BCUT2D eigenvalue weighted by atomic mass is 9.95. The zero-order valence-electron chi connectivity index (χ0n) is 30.5. The molecule has 0 radical (unpaired) electrons. The number of ketones is 2. The molecule has 2 aromatic rings. The molecule has 2 aromatic carbocycles. The molecule has 51 heavy (non-hydrogen) atoms. The van der Waals surface area contributed by atoms with Crippen molar-refractivity contribution < 1.29 is 33.8 Å². The van der Waals surface area contributed by atoms with E-state index in [1.54, 1.807) is 32.2 Å². The van der Waals surface area contributed by atoms with Gasteiger partial charge in [-0.3, -0.25) is 14.4 Å². The number of carbonyl (C=O) groups excluding carboxylic acids is 3. The fourth-order valence-corrected chi connectivity index (χ4v) is 6.77. The van der Waals surface area contributed by atoms with Gasteiger partial charge < -0.3 is 36.3 Å². The lowest BCUT2D eigenvalue weighted by molar-refractivity contribution is -0.115. The van der Waals surface area contributed by atoms with E-state index >= 15 is 0 Å². The minimum Gasteiger partial charge on any atom is -0.496 e. The van der Waals surface area contributed by atoms with Crippen LogP contribution < -0.4 is 31.2 Å². The third-order valence-corrected chi connectivity index (χ3v) is 10.0. The van der Waals surface area contributed by atoms with Crippen LogP contribution in [0.4, 0.5) is 11.4 Å². The van der Waals surface area contributed by atoms with Gasteiger partial charge in [0, 0.05) is 71.0 Å². The maximum atomic E-state index is 12.6. The number of aromatic carboxylic acids is 1. The van der Waals surface area contributed by atoms with E-state index < -0.39 is 5.97 Å². The van der Waals surface area contributed by atoms with Crippen LogP contribution in [0.5, 0.6) is 11.5 Å². The minimum absolute atomic E-state index is 0.0817. The number of ether oxygens (including phenoxy) is 2. The molecule has 1 amide bonds. The summed E-state index contributed by atoms with van der Waals surface area (Å²) in [4.78, 5) is 46.7. The molecule has 4 aliphatic rings. The molecule has 0 saturated heterocycles. The average molecular weight is 703 g/mol. The Morgan fingerprint density at radius 3 is 1.53 bits per heavy atom. The average Bonchev–Trinajstić information content (AvgIpc) is 3.63. The molecule has 0 heterocycles. The third kappa shape index (κ3) is 11.2. The van der Waals surface area contributed by atoms with Crippen molar-refractivity contribution in [1.29, 1.82) is 0 Å². The van der Waals surface area contributed by atoms with Gasteiger partial charge in [0.2, 0.25) is 0 Å². The lowest BCUT2D eigenvalue weighted by Crippen LogP contribution is -2.36. The molecule has 0 atom stereocenters. The summed E-state index contributed by atoms with van der Waals surface area (Å²) in [5.74, 6) is 0.0621. The second-order valence-corrected chi connectivity index (χ2v) is 13.6. The number of amides is 1. The summed E-state index contributed by atoms with van der Waals surface area (Å²) in [6.45, 7) is 3.64. The Hall–Kier alpha value is -4.64. The summed E-state index contributed by atoms with van der Waals surface area (Å²) in [6.07, 6.45) is 14.9. The van der Waals surface area contributed by atoms with Crippen LogP contribution in [0, 0.1) is 0 Å². The molecule has 0 bridgehead atoms. The van der Waals surface area contributed by atoms with Crippen LogP contribution in [0.25, 0.3) is 0 Å². The highest BCUT2D eigenvalue weighted by atomic mass is 16.5. The molecule has 11 heteroatoms. The quantitative estimate of drug-likeness (QED) is 0.176. The highest BCUT2D eigenvalue weighted by Gasteiger charge is 2.22. The Balaban J connectivity index is 0.000000197. The van der Waals surface area contributed by atoms with Gasteiger partial charge >= 0.3 is 5.97 Å². The van der Waals surface area contributed by atoms with E-state index in [-0.39, 0.29) is 29.1 Å². The van der Waals surface area contributed by atoms with Gasteiger partial charge in [0.05, 0.1) is 19.8 Å². The van der Waals surface area contributed by atoms with Crippen molar-refractivity contribution in [2.45, 2.75) is 116 Å². The lowest BCUT2D eigenvalue weighted by Gasteiger charge is -2.23.